The maximum atomic E-state index is 12.1. The van der Waals surface area contributed by atoms with Gasteiger partial charge in [0.1, 0.15) is 11.5 Å². The maximum absolute atomic E-state index is 12.1. The molecule has 0 unspecified atom stereocenters. The molecule has 0 atom stereocenters. The number of hydrogen-bond donors (Lipinski definition) is 0. The van der Waals surface area contributed by atoms with Crippen LogP contribution in [0.1, 0.15) is 11.1 Å². The Bertz CT molecular complexity index is 658. The summed E-state index contributed by atoms with van der Waals surface area (Å²) in [7, 11) is 4.50. The van der Waals surface area contributed by atoms with E-state index in [0.717, 1.165) is 11.1 Å². The lowest BCUT2D eigenvalue weighted by molar-refractivity contribution is -0.133. The Kier molecular flexibility index (Phi) is 5.14. The molecule has 0 radical (unpaired) electrons. The van der Waals surface area contributed by atoms with Gasteiger partial charge in [-0.1, -0.05) is 0 Å². The molecule has 5 nitrogen and oxygen atoms in total. The zero-order valence-electron chi connectivity index (χ0n) is 12.7. The van der Waals surface area contributed by atoms with Gasteiger partial charge in [0.2, 0.25) is 0 Å². The van der Waals surface area contributed by atoms with Crippen LogP contribution in [0.25, 0.3) is 11.6 Å². The minimum atomic E-state index is -0.423. The smallest absolute Gasteiger partial charge is 0.338 e. The number of pyridine rings is 1. The van der Waals surface area contributed by atoms with Crippen LogP contribution in [-0.4, -0.2) is 32.3 Å². The lowest BCUT2D eigenvalue weighted by Gasteiger charge is -2.08. The van der Waals surface area contributed by atoms with Gasteiger partial charge in [0.05, 0.1) is 26.9 Å². The Hall–Kier alpha value is -2.82. The first-order chi connectivity index (χ1) is 10.7. The average molecular weight is 299 g/mol. The average Bonchev–Trinajstić information content (AvgIpc) is 2.59. The molecule has 0 spiro atoms. The number of benzene rings is 1. The summed E-state index contributed by atoms with van der Waals surface area (Å²) in [6.07, 6.45) is 4.97. The fraction of sp³-hybridized carbons (Fsp3) is 0.176. The van der Waals surface area contributed by atoms with Gasteiger partial charge in [0, 0.05) is 18.5 Å². The third-order valence-corrected chi connectivity index (χ3v) is 3.08. The van der Waals surface area contributed by atoms with Crippen molar-refractivity contribution in [2.45, 2.75) is 0 Å². The van der Waals surface area contributed by atoms with Crippen LogP contribution in [0.2, 0.25) is 0 Å². The zero-order valence-corrected chi connectivity index (χ0v) is 12.7. The molecule has 0 aliphatic heterocycles. The zero-order chi connectivity index (χ0) is 15.9. The first-order valence-electron chi connectivity index (χ1n) is 6.61. The van der Waals surface area contributed by atoms with E-state index in [2.05, 4.69) is 4.98 Å². The van der Waals surface area contributed by atoms with Crippen LogP contribution < -0.4 is 9.47 Å². The van der Waals surface area contributed by atoms with E-state index in [1.54, 1.807) is 50.9 Å². The lowest BCUT2D eigenvalue weighted by atomic mass is 10.0. The SMILES string of the molecule is COC(=O)C(=Cc1cc(OC)cc(OC)c1)c1ccncc1. The molecular weight excluding hydrogens is 282 g/mol. The largest absolute Gasteiger partial charge is 0.497 e. The van der Waals surface area contributed by atoms with E-state index in [-0.39, 0.29) is 0 Å². The molecule has 2 rings (SSSR count). The minimum Gasteiger partial charge on any atom is -0.497 e. The molecule has 1 heterocycles. The van der Waals surface area contributed by atoms with Crippen molar-refractivity contribution in [3.8, 4) is 11.5 Å². The van der Waals surface area contributed by atoms with Gasteiger partial charge in [-0.25, -0.2) is 4.79 Å². The molecule has 0 fully saturated rings. The molecule has 1 aromatic carbocycles. The van der Waals surface area contributed by atoms with Crippen molar-refractivity contribution in [2.75, 3.05) is 21.3 Å². The second-order valence-electron chi connectivity index (χ2n) is 4.43. The van der Waals surface area contributed by atoms with Crippen molar-refractivity contribution < 1.29 is 19.0 Å². The van der Waals surface area contributed by atoms with Gasteiger partial charge in [-0.3, -0.25) is 4.98 Å². The molecule has 22 heavy (non-hydrogen) atoms. The molecule has 1 aromatic heterocycles. The monoisotopic (exact) mass is 299 g/mol. The molecule has 0 amide bonds. The molecule has 2 aromatic rings. The number of carbonyl (C=O) groups is 1. The van der Waals surface area contributed by atoms with E-state index in [1.165, 1.54) is 7.11 Å². The van der Waals surface area contributed by atoms with Crippen LogP contribution >= 0.6 is 0 Å². The van der Waals surface area contributed by atoms with Crippen LogP contribution in [0.5, 0.6) is 11.5 Å². The fourth-order valence-electron chi connectivity index (χ4n) is 1.98. The summed E-state index contributed by atoms with van der Waals surface area (Å²) in [5.74, 6) is 0.863. The van der Waals surface area contributed by atoms with Crippen molar-refractivity contribution in [1.82, 2.24) is 4.98 Å². The summed E-state index contributed by atoms with van der Waals surface area (Å²) in [4.78, 5) is 16.0. The second kappa shape index (κ2) is 7.26. The molecule has 114 valence electrons. The summed E-state index contributed by atoms with van der Waals surface area (Å²) in [6, 6.07) is 8.89. The van der Waals surface area contributed by atoms with Crippen molar-refractivity contribution in [3.05, 3.63) is 53.9 Å². The van der Waals surface area contributed by atoms with Gasteiger partial charge in [-0.05, 0) is 41.5 Å². The Balaban J connectivity index is 2.52. The molecule has 0 saturated carbocycles. The standard InChI is InChI=1S/C17H17NO4/c1-20-14-8-12(9-15(11-14)21-2)10-16(17(19)22-3)13-4-6-18-7-5-13/h4-11H,1-3H3. The van der Waals surface area contributed by atoms with Crippen LogP contribution in [0.4, 0.5) is 0 Å². The quantitative estimate of drug-likeness (QED) is 0.627. The predicted molar refractivity (Wildman–Crippen MR) is 83.7 cm³/mol. The molecule has 0 bridgehead atoms. The number of aromatic nitrogens is 1. The Morgan fingerprint density at radius 3 is 2.09 bits per heavy atom. The summed E-state index contributed by atoms with van der Waals surface area (Å²) in [5, 5.41) is 0. The molecule has 0 N–H and O–H groups in total. The molecule has 5 heteroatoms. The molecule has 0 aliphatic carbocycles. The maximum Gasteiger partial charge on any atom is 0.338 e. The highest BCUT2D eigenvalue weighted by atomic mass is 16.5. The molecule has 0 aliphatic rings. The van der Waals surface area contributed by atoms with Gasteiger partial charge in [0.15, 0.2) is 0 Å². The van der Waals surface area contributed by atoms with Crippen molar-refractivity contribution in [3.63, 3.8) is 0 Å². The van der Waals surface area contributed by atoms with Crippen LogP contribution in [0, 0.1) is 0 Å². The number of nitrogens with zero attached hydrogens (tertiary/aromatic N) is 1. The van der Waals surface area contributed by atoms with Gasteiger partial charge in [-0.15, -0.1) is 0 Å². The minimum absolute atomic E-state index is 0.423. The van der Waals surface area contributed by atoms with Crippen molar-refractivity contribution >= 4 is 17.6 Å². The van der Waals surface area contributed by atoms with Gasteiger partial charge >= 0.3 is 5.97 Å². The summed E-state index contributed by atoms with van der Waals surface area (Å²) in [5.41, 5.74) is 1.93. The summed E-state index contributed by atoms with van der Waals surface area (Å²) >= 11 is 0. The van der Waals surface area contributed by atoms with Gasteiger partial charge in [-0.2, -0.15) is 0 Å². The fourth-order valence-corrected chi connectivity index (χ4v) is 1.98. The van der Waals surface area contributed by atoms with Crippen LogP contribution in [0.3, 0.4) is 0 Å². The number of ether oxygens (including phenoxy) is 3. The predicted octanol–water partition coefficient (Wildman–Crippen LogP) is 2.81. The molecule has 0 saturated heterocycles. The summed E-state index contributed by atoms with van der Waals surface area (Å²) in [6.45, 7) is 0. The first-order valence-corrected chi connectivity index (χ1v) is 6.61. The highest BCUT2D eigenvalue weighted by molar-refractivity contribution is 6.21. The first kappa shape index (κ1) is 15.6. The number of esters is 1. The van der Waals surface area contributed by atoms with Gasteiger partial charge in [0.25, 0.3) is 0 Å². The Morgan fingerprint density at radius 1 is 1.00 bits per heavy atom. The van der Waals surface area contributed by atoms with E-state index in [1.807, 2.05) is 12.1 Å². The topological polar surface area (TPSA) is 57.7 Å². The number of rotatable bonds is 5. The van der Waals surface area contributed by atoms with E-state index >= 15 is 0 Å². The highest BCUT2D eigenvalue weighted by Crippen LogP contribution is 2.26. The third kappa shape index (κ3) is 3.63. The van der Waals surface area contributed by atoms with E-state index in [9.17, 15) is 4.79 Å². The lowest BCUT2D eigenvalue weighted by Crippen LogP contribution is -2.04. The molecular formula is C17H17NO4. The Labute approximate surface area is 129 Å². The highest BCUT2D eigenvalue weighted by Gasteiger charge is 2.13. The number of hydrogen-bond acceptors (Lipinski definition) is 5. The van der Waals surface area contributed by atoms with Crippen molar-refractivity contribution in [2.24, 2.45) is 0 Å². The third-order valence-electron chi connectivity index (χ3n) is 3.08. The van der Waals surface area contributed by atoms with E-state index < -0.39 is 5.97 Å². The van der Waals surface area contributed by atoms with E-state index in [4.69, 9.17) is 14.2 Å². The van der Waals surface area contributed by atoms with Crippen molar-refractivity contribution in [1.29, 1.82) is 0 Å². The Morgan fingerprint density at radius 2 is 1.59 bits per heavy atom. The normalized spacial score (nSPS) is 11.0. The van der Waals surface area contributed by atoms with Gasteiger partial charge < -0.3 is 14.2 Å². The van der Waals surface area contributed by atoms with E-state index in [0.29, 0.717) is 17.1 Å². The summed E-state index contributed by atoms with van der Waals surface area (Å²) < 4.78 is 15.3. The van der Waals surface area contributed by atoms with Crippen LogP contribution in [-0.2, 0) is 9.53 Å². The van der Waals surface area contributed by atoms with Crippen LogP contribution in [0.15, 0.2) is 42.7 Å². The number of methoxy groups -OCH3 is 3. The number of carbonyl (C=O) groups excluding carboxylic acids is 1. The second-order valence-corrected chi connectivity index (χ2v) is 4.43.